The molecule has 0 bridgehead atoms. The molecule has 5 aromatic rings. The second-order valence-corrected chi connectivity index (χ2v) is 9.03. The van der Waals surface area contributed by atoms with Crippen molar-refractivity contribution < 1.29 is 0 Å². The van der Waals surface area contributed by atoms with Crippen LogP contribution in [-0.4, -0.2) is 11.3 Å². The number of nitrogens with zero attached hydrogens (tertiary/aromatic N) is 1. The quantitative estimate of drug-likeness (QED) is 0.337. The van der Waals surface area contributed by atoms with E-state index in [9.17, 15) is 0 Å². The molecule has 0 aliphatic carbocycles. The lowest BCUT2D eigenvalue weighted by Crippen LogP contribution is -2.58. The summed E-state index contributed by atoms with van der Waals surface area (Å²) in [6.07, 6.45) is 0. The first-order valence-corrected chi connectivity index (χ1v) is 10.6. The number of halogens is 1. The van der Waals surface area contributed by atoms with E-state index in [0.717, 1.165) is 5.02 Å². The zero-order valence-corrected chi connectivity index (χ0v) is 16.4. The molecular weight excluding hydrogens is 381 g/mol. The molecule has 0 N–H and O–H groups in total. The molecule has 2 aliphatic heterocycles. The molecule has 0 atom stereocenters. The van der Waals surface area contributed by atoms with Gasteiger partial charge in [0, 0.05) is 36.8 Å². The van der Waals surface area contributed by atoms with Crippen molar-refractivity contribution in [1.29, 1.82) is 0 Å². The molecule has 0 saturated carbocycles. The van der Waals surface area contributed by atoms with Gasteiger partial charge in [-0.2, -0.15) is 0 Å². The van der Waals surface area contributed by atoms with E-state index in [1.807, 2.05) is 11.8 Å². The normalized spacial score (nSPS) is 13.7. The maximum absolute atomic E-state index is 6.61. The smallest absolute Gasteiger partial charge is 0.249 e. The van der Waals surface area contributed by atoms with Gasteiger partial charge >= 0.3 is 0 Å². The third-order valence-electron chi connectivity index (χ3n) is 6.10. The maximum atomic E-state index is 6.61. The number of fused-ring (bicyclic) bond motifs is 7. The fraction of sp³-hybridized carbons (Fsp3) is 0. The Morgan fingerprint density at radius 1 is 0.750 bits per heavy atom. The fourth-order valence-electron chi connectivity index (χ4n) is 5.08. The van der Waals surface area contributed by atoms with Crippen molar-refractivity contribution in [2.75, 3.05) is 0 Å². The highest BCUT2D eigenvalue weighted by atomic mass is 35.5. The predicted octanol–water partition coefficient (Wildman–Crippen LogP) is 4.73. The summed E-state index contributed by atoms with van der Waals surface area (Å²) in [7, 11) is 0. The average molecular weight is 394 g/mol. The Balaban J connectivity index is 1.76. The monoisotopic (exact) mass is 393 g/mol. The highest BCUT2D eigenvalue weighted by Gasteiger charge is 2.39. The highest BCUT2D eigenvalue weighted by Crippen LogP contribution is 2.39. The average Bonchev–Trinajstić information content (AvgIpc) is 3.06. The van der Waals surface area contributed by atoms with Crippen LogP contribution < -0.4 is 16.4 Å². The lowest BCUT2D eigenvalue weighted by molar-refractivity contribution is 1.17. The van der Waals surface area contributed by atoms with E-state index < -0.39 is 0 Å². The van der Waals surface area contributed by atoms with Crippen molar-refractivity contribution in [3.8, 4) is 5.69 Å². The van der Waals surface area contributed by atoms with E-state index in [2.05, 4.69) is 83.4 Å². The molecule has 0 spiro atoms. The van der Waals surface area contributed by atoms with Crippen molar-refractivity contribution in [3.63, 3.8) is 0 Å². The van der Waals surface area contributed by atoms with Gasteiger partial charge in [-0.15, -0.1) is 0 Å². The van der Waals surface area contributed by atoms with E-state index >= 15 is 0 Å². The predicted molar refractivity (Wildman–Crippen MR) is 121 cm³/mol. The Hall–Kier alpha value is -2.62. The second-order valence-electron chi connectivity index (χ2n) is 7.51. The van der Waals surface area contributed by atoms with Crippen LogP contribution in [0.2, 0.25) is 5.02 Å². The molecule has 130 valence electrons. The number of aromatic nitrogens is 1. The molecule has 1 nitrogen and oxygen atoms in total. The van der Waals surface area contributed by atoms with E-state index in [0.29, 0.717) is 0 Å². The van der Waals surface area contributed by atoms with Crippen molar-refractivity contribution in [2.45, 2.75) is 9.79 Å². The SMILES string of the molecule is Clc1cc2c3c(c1)-n1c4ccccc4c4cccc(c41)B3c1ccccc1S2. The molecule has 28 heavy (non-hydrogen) atoms. The Kier molecular flexibility index (Phi) is 2.87. The molecule has 1 aromatic heterocycles. The highest BCUT2D eigenvalue weighted by molar-refractivity contribution is 8.00. The van der Waals surface area contributed by atoms with Gasteiger partial charge in [0.2, 0.25) is 6.71 Å². The summed E-state index contributed by atoms with van der Waals surface area (Å²) in [5.41, 5.74) is 7.95. The van der Waals surface area contributed by atoms with Crippen molar-refractivity contribution in [3.05, 3.63) is 83.9 Å². The third-order valence-corrected chi connectivity index (χ3v) is 7.47. The van der Waals surface area contributed by atoms with Crippen LogP contribution in [0.15, 0.2) is 88.7 Å². The molecule has 3 heterocycles. The molecule has 0 radical (unpaired) electrons. The minimum atomic E-state index is 0.250. The van der Waals surface area contributed by atoms with Gasteiger partial charge in [0.1, 0.15) is 0 Å². The van der Waals surface area contributed by atoms with E-state index in [1.54, 1.807) is 0 Å². The lowest BCUT2D eigenvalue weighted by atomic mass is 9.35. The van der Waals surface area contributed by atoms with Crippen LogP contribution in [0.25, 0.3) is 27.5 Å². The first-order chi connectivity index (χ1) is 13.8. The molecule has 0 unspecified atom stereocenters. The molecule has 7 rings (SSSR count). The Labute approximate surface area is 172 Å². The van der Waals surface area contributed by atoms with Gasteiger partial charge in [0.15, 0.2) is 0 Å². The van der Waals surface area contributed by atoms with Gasteiger partial charge in [-0.3, -0.25) is 0 Å². The van der Waals surface area contributed by atoms with Gasteiger partial charge in [0.25, 0.3) is 0 Å². The fourth-order valence-corrected chi connectivity index (χ4v) is 6.56. The second kappa shape index (κ2) is 5.25. The Bertz CT molecular complexity index is 1470. The number of hydrogen-bond donors (Lipinski definition) is 0. The van der Waals surface area contributed by atoms with Gasteiger partial charge in [-0.1, -0.05) is 83.4 Å². The van der Waals surface area contributed by atoms with Crippen LogP contribution in [0.1, 0.15) is 0 Å². The Morgan fingerprint density at radius 3 is 2.50 bits per heavy atom. The van der Waals surface area contributed by atoms with Crippen LogP contribution >= 0.6 is 23.4 Å². The zero-order chi connectivity index (χ0) is 18.4. The molecule has 0 fully saturated rings. The standard InChI is InChI=1S/C24H13BClNS/c26-14-12-20-23-22(13-14)28-21-11-4-2-8-17(21)25(23)18-9-5-7-16-15-6-1-3-10-19(15)27(20)24(16)18/h1-13H. The van der Waals surface area contributed by atoms with E-state index in [1.165, 1.54) is 53.7 Å². The number of benzene rings is 4. The van der Waals surface area contributed by atoms with Gasteiger partial charge in [0.05, 0.1) is 5.52 Å². The topological polar surface area (TPSA) is 4.93 Å². The first-order valence-electron chi connectivity index (χ1n) is 9.44. The zero-order valence-electron chi connectivity index (χ0n) is 14.8. The first kappa shape index (κ1) is 15.3. The number of para-hydroxylation sites is 2. The van der Waals surface area contributed by atoms with Crippen LogP contribution in [-0.2, 0) is 0 Å². The van der Waals surface area contributed by atoms with Crippen molar-refractivity contribution >= 4 is 68.3 Å². The summed E-state index contributed by atoms with van der Waals surface area (Å²) < 4.78 is 2.43. The largest absolute Gasteiger partial charge is 0.310 e. The van der Waals surface area contributed by atoms with Crippen LogP contribution in [0.4, 0.5) is 0 Å². The minimum absolute atomic E-state index is 0.250. The molecule has 0 saturated heterocycles. The minimum Gasteiger partial charge on any atom is -0.310 e. The number of rotatable bonds is 0. The lowest BCUT2D eigenvalue weighted by Gasteiger charge is -2.33. The van der Waals surface area contributed by atoms with Crippen LogP contribution in [0, 0.1) is 0 Å². The van der Waals surface area contributed by atoms with Gasteiger partial charge < -0.3 is 4.57 Å². The third kappa shape index (κ3) is 1.77. The Morgan fingerprint density at radius 2 is 1.54 bits per heavy atom. The van der Waals surface area contributed by atoms with E-state index in [4.69, 9.17) is 11.6 Å². The van der Waals surface area contributed by atoms with Gasteiger partial charge in [-0.05, 0) is 35.2 Å². The summed E-state index contributed by atoms with van der Waals surface area (Å²) >= 11 is 8.45. The molecule has 4 heteroatoms. The van der Waals surface area contributed by atoms with Crippen LogP contribution in [0.3, 0.4) is 0 Å². The number of hydrogen-bond acceptors (Lipinski definition) is 1. The van der Waals surface area contributed by atoms with Crippen LogP contribution in [0.5, 0.6) is 0 Å². The summed E-state index contributed by atoms with van der Waals surface area (Å²) in [5.74, 6) is 0. The summed E-state index contributed by atoms with van der Waals surface area (Å²) in [6.45, 7) is 0.250. The van der Waals surface area contributed by atoms with Crippen molar-refractivity contribution in [2.24, 2.45) is 0 Å². The summed E-state index contributed by atoms with van der Waals surface area (Å²) in [4.78, 5) is 2.60. The summed E-state index contributed by atoms with van der Waals surface area (Å²) in [5, 5.41) is 3.41. The van der Waals surface area contributed by atoms with Crippen molar-refractivity contribution in [1.82, 2.24) is 4.57 Å². The molecule has 2 aliphatic rings. The summed E-state index contributed by atoms with van der Waals surface area (Å²) in [6, 6.07) is 28.5. The molecule has 4 aromatic carbocycles. The van der Waals surface area contributed by atoms with E-state index in [-0.39, 0.29) is 6.71 Å². The van der Waals surface area contributed by atoms with Gasteiger partial charge in [-0.25, -0.2) is 0 Å². The molecular formula is C24H13BClNS. The molecule has 0 amide bonds. The maximum Gasteiger partial charge on any atom is 0.249 e.